The van der Waals surface area contributed by atoms with Crippen molar-refractivity contribution in [3.05, 3.63) is 221 Å². The third-order valence-corrected chi connectivity index (χ3v) is 11.1. The molecule has 0 bridgehead atoms. The first-order valence-corrected chi connectivity index (χ1v) is 20.5. The van der Waals surface area contributed by atoms with Gasteiger partial charge in [0.2, 0.25) is 0 Å². The van der Waals surface area contributed by atoms with Gasteiger partial charge < -0.3 is 27.7 Å². The van der Waals surface area contributed by atoms with Gasteiger partial charge in [-0.15, -0.1) is 0 Å². The number of hydrogen-bond donors (Lipinski definition) is 1. The fraction of sp³-hybridized carbons (Fsp3) is 0.0426. The molecule has 294 valence electrons. The summed E-state index contributed by atoms with van der Waals surface area (Å²) in [7, 11) is -4.95. The highest BCUT2D eigenvalue weighted by Crippen LogP contribution is 2.56. The Kier molecular flexibility index (Phi) is 13.5. The molecule has 0 amide bonds. The summed E-state index contributed by atoms with van der Waals surface area (Å²) >= 11 is 0. The smallest absolute Gasteiger partial charge is 0.417 e. The van der Waals surface area contributed by atoms with Crippen LogP contribution in [0.5, 0.6) is 28.7 Å². The molecular formula is C47H36O10P2. The van der Waals surface area contributed by atoms with E-state index in [0.29, 0.717) is 46.9 Å². The number of benzene rings is 7. The van der Waals surface area contributed by atoms with Crippen LogP contribution in [0, 0.1) is 0 Å². The van der Waals surface area contributed by atoms with Crippen molar-refractivity contribution in [3.8, 4) is 28.7 Å². The SMILES string of the molecule is O=Cc1ccccc1OP(Oc1ccccc1CO)Oc1ccccc1C(OP(Oc1ccccc1C=O)Oc1ccccc1C=O)(c1ccccc1)c1ccccc1. The highest BCUT2D eigenvalue weighted by Gasteiger charge is 2.46. The number of aliphatic hydroxyl groups excluding tert-OH is 1. The molecule has 0 saturated heterocycles. The lowest BCUT2D eigenvalue weighted by Gasteiger charge is -2.38. The first kappa shape index (κ1) is 40.5. The van der Waals surface area contributed by atoms with Crippen LogP contribution >= 0.6 is 17.2 Å². The molecule has 7 aromatic rings. The lowest BCUT2D eigenvalue weighted by Crippen LogP contribution is -2.33. The average Bonchev–Trinajstić information content (AvgIpc) is 3.29. The second-order valence-electron chi connectivity index (χ2n) is 12.6. The molecule has 7 rings (SSSR count). The fourth-order valence-electron chi connectivity index (χ4n) is 6.15. The van der Waals surface area contributed by atoms with E-state index < -0.39 is 22.8 Å². The molecular weight excluding hydrogens is 786 g/mol. The molecule has 1 unspecified atom stereocenters. The van der Waals surface area contributed by atoms with Crippen molar-refractivity contribution < 1.29 is 46.6 Å². The summed E-state index contributed by atoms with van der Waals surface area (Å²) in [5.74, 6) is 1.17. The minimum Gasteiger partial charge on any atom is -0.417 e. The van der Waals surface area contributed by atoms with Crippen LogP contribution in [0.25, 0.3) is 0 Å². The maximum Gasteiger partial charge on any atom is 0.530 e. The normalized spacial score (nSPS) is 11.6. The molecule has 1 N–H and O–H groups in total. The maximum absolute atomic E-state index is 12.2. The monoisotopic (exact) mass is 822 g/mol. The van der Waals surface area contributed by atoms with E-state index in [0.717, 1.165) is 0 Å². The Morgan fingerprint density at radius 2 is 0.763 bits per heavy atom. The van der Waals surface area contributed by atoms with Crippen LogP contribution in [0.3, 0.4) is 0 Å². The Morgan fingerprint density at radius 3 is 1.24 bits per heavy atom. The largest absolute Gasteiger partial charge is 0.530 e. The number of rotatable bonds is 19. The summed E-state index contributed by atoms with van der Waals surface area (Å²) in [6.45, 7) is -0.316. The van der Waals surface area contributed by atoms with E-state index in [9.17, 15) is 19.5 Å². The molecule has 59 heavy (non-hydrogen) atoms. The number of aliphatic hydroxyl groups is 1. The molecule has 0 aliphatic heterocycles. The molecule has 0 aromatic heterocycles. The lowest BCUT2D eigenvalue weighted by atomic mass is 9.80. The Labute approximate surface area is 343 Å². The van der Waals surface area contributed by atoms with E-state index >= 15 is 0 Å². The molecule has 0 aliphatic rings. The standard InChI is InChI=1S/C47H36O10P2/c48-31-35-17-7-12-26-42(35)52-58(53-43-27-13-8-18-36(43)32-49)56-46-30-16-11-25-41(46)47(39-21-3-1-4-22-39,40-23-5-2-6-24-40)57-59(54-44-28-14-9-19-37(44)33-50)55-45-29-15-10-20-38(45)34-51/h1-31,33-34,49H,32H2. The van der Waals surface area contributed by atoms with Gasteiger partial charge in [-0.3, -0.25) is 18.9 Å². The Morgan fingerprint density at radius 1 is 0.407 bits per heavy atom. The van der Waals surface area contributed by atoms with E-state index in [1.54, 1.807) is 109 Å². The van der Waals surface area contributed by atoms with Crippen molar-refractivity contribution in [1.29, 1.82) is 0 Å². The number of hydrogen-bond acceptors (Lipinski definition) is 10. The van der Waals surface area contributed by atoms with Gasteiger partial charge in [0.05, 0.1) is 23.3 Å². The van der Waals surface area contributed by atoms with Crippen LogP contribution in [-0.2, 0) is 16.7 Å². The molecule has 0 fully saturated rings. The minimum atomic E-state index is -2.54. The quantitative estimate of drug-likeness (QED) is 0.0478. The van der Waals surface area contributed by atoms with Gasteiger partial charge in [0, 0.05) is 11.1 Å². The van der Waals surface area contributed by atoms with Gasteiger partial charge in [-0.1, -0.05) is 133 Å². The second kappa shape index (κ2) is 19.7. The maximum atomic E-state index is 12.2. The summed E-state index contributed by atoms with van der Waals surface area (Å²) in [4.78, 5) is 36.6. The van der Waals surface area contributed by atoms with E-state index in [-0.39, 0.29) is 46.3 Å². The Hall–Kier alpha value is -6.67. The molecule has 0 radical (unpaired) electrons. The predicted molar refractivity (Wildman–Crippen MR) is 225 cm³/mol. The minimum absolute atomic E-state index is 0.193. The molecule has 12 heteroatoms. The summed E-state index contributed by atoms with van der Waals surface area (Å²) in [6, 6.07) is 52.9. The van der Waals surface area contributed by atoms with Crippen molar-refractivity contribution in [2.75, 3.05) is 0 Å². The van der Waals surface area contributed by atoms with Crippen LogP contribution in [-0.4, -0.2) is 24.0 Å². The van der Waals surface area contributed by atoms with Crippen LogP contribution in [0.1, 0.15) is 53.3 Å². The average molecular weight is 823 g/mol. The zero-order valence-corrected chi connectivity index (χ0v) is 33.1. The van der Waals surface area contributed by atoms with Crippen molar-refractivity contribution in [3.63, 3.8) is 0 Å². The zero-order valence-electron chi connectivity index (χ0n) is 31.3. The number of para-hydroxylation sites is 5. The molecule has 0 heterocycles. The summed E-state index contributed by atoms with van der Waals surface area (Å²) in [5.41, 5.74) is 1.40. The first-order valence-electron chi connectivity index (χ1n) is 18.3. The van der Waals surface area contributed by atoms with Crippen LogP contribution in [0.15, 0.2) is 182 Å². The molecule has 7 aromatic carbocycles. The molecule has 1 atom stereocenters. The van der Waals surface area contributed by atoms with Gasteiger partial charge >= 0.3 is 17.2 Å². The Bertz CT molecular complexity index is 2410. The predicted octanol–water partition coefficient (Wildman–Crippen LogP) is 11.1. The Balaban J connectivity index is 1.42. The van der Waals surface area contributed by atoms with E-state index in [1.165, 1.54) is 0 Å². The van der Waals surface area contributed by atoms with Gasteiger partial charge in [-0.25, -0.2) is 0 Å². The van der Waals surface area contributed by atoms with E-state index in [4.69, 9.17) is 27.1 Å². The van der Waals surface area contributed by atoms with Crippen molar-refractivity contribution >= 4 is 36.1 Å². The molecule has 10 nitrogen and oxygen atoms in total. The van der Waals surface area contributed by atoms with E-state index in [2.05, 4.69) is 0 Å². The number of aldehydes is 3. The third-order valence-electron chi connectivity index (χ3n) is 8.98. The van der Waals surface area contributed by atoms with Gasteiger partial charge in [0.15, 0.2) is 24.5 Å². The van der Waals surface area contributed by atoms with Crippen molar-refractivity contribution in [1.82, 2.24) is 0 Å². The van der Waals surface area contributed by atoms with Gasteiger partial charge in [-0.2, -0.15) is 0 Å². The number of carbonyl (C=O) groups is 3. The zero-order chi connectivity index (χ0) is 40.9. The van der Waals surface area contributed by atoms with Gasteiger partial charge in [-0.05, 0) is 59.7 Å². The molecule has 0 spiro atoms. The summed E-state index contributed by atoms with van der Waals surface area (Å²) in [6.07, 6.45) is 2.02. The van der Waals surface area contributed by atoms with Crippen LogP contribution < -0.4 is 22.6 Å². The van der Waals surface area contributed by atoms with E-state index in [1.807, 2.05) is 72.8 Å². The summed E-state index contributed by atoms with van der Waals surface area (Å²) in [5, 5.41) is 10.2. The third kappa shape index (κ3) is 9.39. The highest BCUT2D eigenvalue weighted by atomic mass is 31.2. The lowest BCUT2D eigenvalue weighted by molar-refractivity contribution is 0.111. The van der Waals surface area contributed by atoms with Gasteiger partial charge in [0.25, 0.3) is 0 Å². The molecule has 0 saturated carbocycles. The van der Waals surface area contributed by atoms with Gasteiger partial charge in [0.1, 0.15) is 28.7 Å². The number of carbonyl (C=O) groups excluding carboxylic acids is 3. The topological polar surface area (TPSA) is 127 Å². The van der Waals surface area contributed by atoms with Crippen molar-refractivity contribution in [2.45, 2.75) is 12.2 Å². The van der Waals surface area contributed by atoms with Crippen molar-refractivity contribution in [2.24, 2.45) is 0 Å². The first-order chi connectivity index (χ1) is 29.1. The van der Waals surface area contributed by atoms with Crippen LogP contribution in [0.4, 0.5) is 0 Å². The second-order valence-corrected chi connectivity index (χ2v) is 14.6. The fourth-order valence-corrected chi connectivity index (χ4v) is 8.54. The highest BCUT2D eigenvalue weighted by molar-refractivity contribution is 7.43. The molecule has 0 aliphatic carbocycles. The van der Waals surface area contributed by atoms with Crippen LogP contribution in [0.2, 0.25) is 0 Å². The summed E-state index contributed by atoms with van der Waals surface area (Å²) < 4.78 is 39.9.